The van der Waals surface area contributed by atoms with Crippen molar-refractivity contribution in [1.82, 2.24) is 5.32 Å². The number of nitro groups is 1. The van der Waals surface area contributed by atoms with Gasteiger partial charge in [0.05, 0.1) is 11.0 Å². The molecule has 0 aliphatic rings. The zero-order chi connectivity index (χ0) is 15.1. The maximum absolute atomic E-state index is 10.9. The summed E-state index contributed by atoms with van der Waals surface area (Å²) in [4.78, 5) is 10.5. The Balaban J connectivity index is 2.98. The molecule has 5 nitrogen and oxygen atoms in total. The Morgan fingerprint density at radius 1 is 1.30 bits per heavy atom. The highest BCUT2D eigenvalue weighted by Crippen LogP contribution is 2.26. The first-order chi connectivity index (χ1) is 9.47. The molecule has 0 spiro atoms. The molecule has 0 saturated heterocycles. The molecule has 20 heavy (non-hydrogen) atoms. The monoisotopic (exact) mass is 280 g/mol. The summed E-state index contributed by atoms with van der Waals surface area (Å²) in [7, 11) is 0. The van der Waals surface area contributed by atoms with Crippen LogP contribution in [-0.4, -0.2) is 17.1 Å². The molecule has 0 fully saturated rings. The lowest BCUT2D eigenvalue weighted by molar-refractivity contribution is -0.384. The van der Waals surface area contributed by atoms with Crippen LogP contribution in [0.3, 0.4) is 0 Å². The summed E-state index contributed by atoms with van der Waals surface area (Å²) in [6.07, 6.45) is 1.99. The first-order valence-corrected chi connectivity index (χ1v) is 7.15. The third kappa shape index (κ3) is 4.81. The average molecular weight is 280 g/mol. The largest absolute Gasteiger partial charge is 0.490 e. The molecule has 1 aromatic rings. The number of rotatable bonds is 8. The van der Waals surface area contributed by atoms with Gasteiger partial charge in [-0.3, -0.25) is 10.1 Å². The second-order valence-corrected chi connectivity index (χ2v) is 5.14. The van der Waals surface area contributed by atoms with E-state index in [0.29, 0.717) is 12.6 Å². The molecule has 0 radical (unpaired) electrons. The minimum absolute atomic E-state index is 0.0995. The molecule has 0 heterocycles. The van der Waals surface area contributed by atoms with Gasteiger partial charge >= 0.3 is 0 Å². The molecule has 112 valence electrons. The van der Waals surface area contributed by atoms with Crippen LogP contribution in [0.15, 0.2) is 18.2 Å². The lowest BCUT2D eigenvalue weighted by Crippen LogP contribution is -2.23. The Morgan fingerprint density at radius 3 is 2.45 bits per heavy atom. The van der Waals surface area contributed by atoms with E-state index in [1.54, 1.807) is 12.1 Å². The lowest BCUT2D eigenvalue weighted by atomic mass is 10.1. The van der Waals surface area contributed by atoms with Crippen molar-refractivity contribution in [1.29, 1.82) is 0 Å². The topological polar surface area (TPSA) is 64.4 Å². The molecule has 0 atom stereocenters. The zero-order valence-corrected chi connectivity index (χ0v) is 12.7. The third-order valence-electron chi connectivity index (χ3n) is 3.16. The van der Waals surface area contributed by atoms with Gasteiger partial charge in [-0.2, -0.15) is 0 Å². The molecule has 0 unspecified atom stereocenters. The molecule has 0 bridgehead atoms. The van der Waals surface area contributed by atoms with Crippen molar-refractivity contribution >= 4 is 5.69 Å². The number of nitrogens with one attached hydrogen (secondary N) is 1. The number of ether oxygens (including phenoxy) is 1. The van der Waals surface area contributed by atoms with E-state index >= 15 is 0 Å². The van der Waals surface area contributed by atoms with Crippen molar-refractivity contribution in [2.45, 2.75) is 59.2 Å². The summed E-state index contributed by atoms with van der Waals surface area (Å²) >= 11 is 0. The highest BCUT2D eigenvalue weighted by molar-refractivity contribution is 5.44. The Kier molecular flexibility index (Phi) is 6.45. The van der Waals surface area contributed by atoms with Crippen LogP contribution in [0, 0.1) is 10.1 Å². The van der Waals surface area contributed by atoms with Gasteiger partial charge < -0.3 is 10.1 Å². The van der Waals surface area contributed by atoms with E-state index in [0.717, 1.165) is 24.2 Å². The second kappa shape index (κ2) is 7.85. The fourth-order valence-electron chi connectivity index (χ4n) is 1.88. The van der Waals surface area contributed by atoms with Gasteiger partial charge in [-0.25, -0.2) is 0 Å². The fourth-order valence-corrected chi connectivity index (χ4v) is 1.88. The predicted molar refractivity (Wildman–Crippen MR) is 80.1 cm³/mol. The highest BCUT2D eigenvalue weighted by atomic mass is 16.6. The van der Waals surface area contributed by atoms with Crippen LogP contribution in [0.4, 0.5) is 5.69 Å². The van der Waals surface area contributed by atoms with Crippen molar-refractivity contribution in [2.24, 2.45) is 0 Å². The SMILES string of the molecule is CCC(CC)Oc1ccc([N+](=O)[O-])cc1CNC(C)C. The van der Waals surface area contributed by atoms with E-state index in [2.05, 4.69) is 19.2 Å². The highest BCUT2D eigenvalue weighted by Gasteiger charge is 2.14. The molecule has 0 aliphatic carbocycles. The summed E-state index contributed by atoms with van der Waals surface area (Å²) in [5.41, 5.74) is 0.933. The molecule has 0 aliphatic heterocycles. The number of hydrogen-bond donors (Lipinski definition) is 1. The van der Waals surface area contributed by atoms with E-state index in [9.17, 15) is 10.1 Å². The number of hydrogen-bond acceptors (Lipinski definition) is 4. The van der Waals surface area contributed by atoms with Crippen LogP contribution in [0.5, 0.6) is 5.75 Å². The Labute approximate surface area is 120 Å². The van der Waals surface area contributed by atoms with Gasteiger partial charge in [0.1, 0.15) is 5.75 Å². The minimum atomic E-state index is -0.375. The maximum Gasteiger partial charge on any atom is 0.270 e. The Hall–Kier alpha value is -1.62. The van der Waals surface area contributed by atoms with Gasteiger partial charge in [-0.15, -0.1) is 0 Å². The Morgan fingerprint density at radius 2 is 1.95 bits per heavy atom. The van der Waals surface area contributed by atoms with E-state index in [4.69, 9.17) is 4.74 Å². The van der Waals surface area contributed by atoms with Crippen LogP contribution >= 0.6 is 0 Å². The average Bonchev–Trinajstić information content (AvgIpc) is 2.42. The second-order valence-electron chi connectivity index (χ2n) is 5.14. The molecule has 1 aromatic carbocycles. The van der Waals surface area contributed by atoms with E-state index in [1.165, 1.54) is 6.07 Å². The van der Waals surface area contributed by atoms with Crippen molar-refractivity contribution in [3.8, 4) is 5.75 Å². The first-order valence-electron chi connectivity index (χ1n) is 7.15. The summed E-state index contributed by atoms with van der Waals surface area (Å²) in [5.74, 6) is 0.734. The molecule has 1 N–H and O–H groups in total. The van der Waals surface area contributed by atoms with Crippen LogP contribution in [0.25, 0.3) is 0 Å². The van der Waals surface area contributed by atoms with E-state index in [1.807, 2.05) is 13.8 Å². The predicted octanol–water partition coefficient (Wildman–Crippen LogP) is 3.66. The van der Waals surface area contributed by atoms with Gasteiger partial charge in [-0.1, -0.05) is 27.7 Å². The van der Waals surface area contributed by atoms with Gasteiger partial charge in [-0.05, 0) is 18.9 Å². The summed E-state index contributed by atoms with van der Waals surface area (Å²) in [6, 6.07) is 5.10. The molecule has 0 aromatic heterocycles. The first kappa shape index (κ1) is 16.4. The zero-order valence-electron chi connectivity index (χ0n) is 12.7. The van der Waals surface area contributed by atoms with Crippen LogP contribution in [-0.2, 0) is 6.54 Å². The van der Waals surface area contributed by atoms with Crippen LogP contribution in [0.1, 0.15) is 46.1 Å². The maximum atomic E-state index is 10.9. The van der Waals surface area contributed by atoms with Gasteiger partial charge in [0.15, 0.2) is 0 Å². The molecular formula is C15H24N2O3. The Bertz CT molecular complexity index is 443. The number of nitro benzene ring substituents is 1. The fraction of sp³-hybridized carbons (Fsp3) is 0.600. The van der Waals surface area contributed by atoms with Crippen molar-refractivity contribution in [3.63, 3.8) is 0 Å². The van der Waals surface area contributed by atoms with Crippen molar-refractivity contribution < 1.29 is 9.66 Å². The van der Waals surface area contributed by atoms with Gasteiger partial charge in [0.2, 0.25) is 0 Å². The summed E-state index contributed by atoms with van der Waals surface area (Å²) in [6.45, 7) is 8.80. The number of benzene rings is 1. The molecule has 5 heteroatoms. The van der Waals surface area contributed by atoms with Crippen LogP contribution in [0.2, 0.25) is 0 Å². The van der Waals surface area contributed by atoms with Crippen LogP contribution < -0.4 is 10.1 Å². The lowest BCUT2D eigenvalue weighted by Gasteiger charge is -2.19. The quantitative estimate of drug-likeness (QED) is 0.583. The third-order valence-corrected chi connectivity index (χ3v) is 3.16. The number of nitrogens with zero attached hydrogens (tertiary/aromatic N) is 1. The molecule has 1 rings (SSSR count). The summed E-state index contributed by atoms with van der Waals surface area (Å²) < 4.78 is 5.95. The smallest absolute Gasteiger partial charge is 0.270 e. The standard InChI is InChI=1S/C15H24N2O3/c1-5-14(6-2)20-15-8-7-13(17(18)19)9-12(15)10-16-11(3)4/h7-9,11,14,16H,5-6,10H2,1-4H3. The van der Waals surface area contributed by atoms with Gasteiger partial charge in [0.25, 0.3) is 5.69 Å². The van der Waals surface area contributed by atoms with Crippen molar-refractivity contribution in [2.75, 3.05) is 0 Å². The normalized spacial score (nSPS) is 11.1. The van der Waals surface area contributed by atoms with E-state index < -0.39 is 0 Å². The molecular weight excluding hydrogens is 256 g/mol. The minimum Gasteiger partial charge on any atom is -0.490 e. The molecule has 0 saturated carbocycles. The summed E-state index contributed by atoms with van der Waals surface area (Å²) in [5, 5.41) is 14.2. The number of non-ortho nitro benzene ring substituents is 1. The van der Waals surface area contributed by atoms with Gasteiger partial charge in [0, 0.05) is 30.3 Å². The van der Waals surface area contributed by atoms with Crippen molar-refractivity contribution in [3.05, 3.63) is 33.9 Å². The van der Waals surface area contributed by atoms with E-state index in [-0.39, 0.29) is 16.7 Å². The molecule has 0 amide bonds.